The molecule has 1 amide bonds. The third-order valence-electron chi connectivity index (χ3n) is 3.37. The number of nitrogens with zero attached hydrogens (tertiary/aromatic N) is 3. The van der Waals surface area contributed by atoms with E-state index in [0.717, 1.165) is 6.20 Å². The zero-order valence-corrected chi connectivity index (χ0v) is 12.7. The Bertz CT molecular complexity index is 849. The first kappa shape index (κ1) is 16.6. The topological polar surface area (TPSA) is 83.6 Å². The lowest BCUT2D eigenvalue weighted by Gasteiger charge is -2.21. The smallest absolute Gasteiger partial charge is 0.335 e. The van der Waals surface area contributed by atoms with Crippen molar-refractivity contribution in [3.8, 4) is 11.4 Å². The van der Waals surface area contributed by atoms with E-state index in [-0.39, 0.29) is 11.3 Å². The van der Waals surface area contributed by atoms with Crippen LogP contribution in [0.15, 0.2) is 55.0 Å². The second-order valence-electron chi connectivity index (χ2n) is 5.12. The van der Waals surface area contributed by atoms with Crippen LogP contribution in [0.1, 0.15) is 22.1 Å². The highest BCUT2D eigenvalue weighted by Gasteiger charge is 2.42. The zero-order chi connectivity index (χ0) is 17.9. The second kappa shape index (κ2) is 6.71. The number of aromatic nitrogens is 4. The SMILES string of the molecule is O=C(N[C@H](c1cccnc1)C(F)(F)F)c1cc(-c2ccccn2)n[nH]1. The maximum Gasteiger partial charge on any atom is 0.412 e. The molecule has 2 N–H and O–H groups in total. The van der Waals surface area contributed by atoms with Crippen LogP contribution in [0.2, 0.25) is 0 Å². The number of rotatable bonds is 4. The van der Waals surface area contributed by atoms with E-state index >= 15 is 0 Å². The highest BCUT2D eigenvalue weighted by Crippen LogP contribution is 2.32. The van der Waals surface area contributed by atoms with Gasteiger partial charge in [0, 0.05) is 24.2 Å². The number of hydrogen-bond acceptors (Lipinski definition) is 4. The van der Waals surface area contributed by atoms with E-state index in [1.165, 1.54) is 24.4 Å². The first-order chi connectivity index (χ1) is 11.9. The predicted molar refractivity (Wildman–Crippen MR) is 82.3 cm³/mol. The number of halogens is 3. The number of pyridine rings is 2. The summed E-state index contributed by atoms with van der Waals surface area (Å²) >= 11 is 0. The summed E-state index contributed by atoms with van der Waals surface area (Å²) in [4.78, 5) is 19.9. The number of aromatic amines is 1. The highest BCUT2D eigenvalue weighted by molar-refractivity contribution is 5.93. The van der Waals surface area contributed by atoms with Crippen molar-refractivity contribution in [1.29, 1.82) is 0 Å². The summed E-state index contributed by atoms with van der Waals surface area (Å²) in [6, 6.07) is 6.91. The van der Waals surface area contributed by atoms with Crippen molar-refractivity contribution in [2.75, 3.05) is 0 Å². The lowest BCUT2D eigenvalue weighted by atomic mass is 10.1. The lowest BCUT2D eigenvalue weighted by molar-refractivity contribution is -0.155. The number of nitrogens with one attached hydrogen (secondary N) is 2. The van der Waals surface area contributed by atoms with Crippen molar-refractivity contribution in [2.24, 2.45) is 0 Å². The summed E-state index contributed by atoms with van der Waals surface area (Å²) in [6.07, 6.45) is -0.703. The first-order valence-corrected chi connectivity index (χ1v) is 7.19. The van der Waals surface area contributed by atoms with E-state index in [4.69, 9.17) is 0 Å². The molecule has 0 aliphatic heterocycles. The standard InChI is InChI=1S/C16H12F3N5O/c17-16(18,19)14(10-4-3-6-20-9-10)22-15(25)13-8-12(23-24-13)11-5-1-2-7-21-11/h1-9,14H,(H,22,25)(H,23,24)/t14-/m1/s1. The Morgan fingerprint density at radius 2 is 1.96 bits per heavy atom. The van der Waals surface area contributed by atoms with Gasteiger partial charge in [0.2, 0.25) is 0 Å². The van der Waals surface area contributed by atoms with Gasteiger partial charge in [0.1, 0.15) is 11.4 Å². The van der Waals surface area contributed by atoms with Gasteiger partial charge in [-0.15, -0.1) is 0 Å². The van der Waals surface area contributed by atoms with Crippen LogP contribution >= 0.6 is 0 Å². The van der Waals surface area contributed by atoms with Gasteiger partial charge in [0.15, 0.2) is 6.04 Å². The Hall–Kier alpha value is -3.23. The van der Waals surface area contributed by atoms with Gasteiger partial charge < -0.3 is 5.32 Å². The van der Waals surface area contributed by atoms with E-state index in [1.807, 2.05) is 5.32 Å². The molecule has 0 aromatic carbocycles. The number of carbonyl (C=O) groups is 1. The maximum atomic E-state index is 13.3. The summed E-state index contributed by atoms with van der Waals surface area (Å²) in [5.41, 5.74) is 0.597. The second-order valence-corrected chi connectivity index (χ2v) is 5.12. The van der Waals surface area contributed by atoms with Crippen molar-refractivity contribution < 1.29 is 18.0 Å². The van der Waals surface area contributed by atoms with Gasteiger partial charge in [-0.2, -0.15) is 18.3 Å². The molecule has 0 fully saturated rings. The molecule has 6 nitrogen and oxygen atoms in total. The molecule has 3 aromatic heterocycles. The van der Waals surface area contributed by atoms with Crippen molar-refractivity contribution >= 4 is 5.91 Å². The molecule has 1 atom stereocenters. The molecule has 0 saturated heterocycles. The summed E-state index contributed by atoms with van der Waals surface area (Å²) < 4.78 is 39.8. The van der Waals surface area contributed by atoms with Crippen LogP contribution in [0, 0.1) is 0 Å². The average Bonchev–Trinajstić information content (AvgIpc) is 3.10. The molecule has 0 saturated carbocycles. The van der Waals surface area contributed by atoms with Crippen molar-refractivity contribution in [3.05, 3.63) is 66.2 Å². The molecule has 128 valence electrons. The number of carbonyl (C=O) groups excluding carboxylic acids is 1. The van der Waals surface area contributed by atoms with Crippen molar-refractivity contribution in [1.82, 2.24) is 25.5 Å². The fourth-order valence-electron chi connectivity index (χ4n) is 2.19. The van der Waals surface area contributed by atoms with Crippen LogP contribution in [0.25, 0.3) is 11.4 Å². The Morgan fingerprint density at radius 3 is 2.60 bits per heavy atom. The first-order valence-electron chi connectivity index (χ1n) is 7.19. The van der Waals surface area contributed by atoms with Crippen molar-refractivity contribution in [3.63, 3.8) is 0 Å². The Morgan fingerprint density at radius 1 is 1.12 bits per heavy atom. The summed E-state index contributed by atoms with van der Waals surface area (Å²) in [6.45, 7) is 0. The molecular formula is C16H12F3N5O. The highest BCUT2D eigenvalue weighted by atomic mass is 19.4. The van der Waals surface area contributed by atoms with Crippen LogP contribution in [-0.4, -0.2) is 32.2 Å². The number of hydrogen-bond donors (Lipinski definition) is 2. The molecule has 0 spiro atoms. The molecule has 0 radical (unpaired) electrons. The van der Waals surface area contributed by atoms with Crippen LogP contribution in [-0.2, 0) is 0 Å². The third kappa shape index (κ3) is 3.82. The van der Waals surface area contributed by atoms with Gasteiger partial charge in [-0.3, -0.25) is 19.9 Å². The minimum absolute atomic E-state index is 0.0983. The fourth-order valence-corrected chi connectivity index (χ4v) is 2.19. The Labute approximate surface area is 140 Å². The molecule has 0 unspecified atom stereocenters. The fraction of sp³-hybridized carbons (Fsp3) is 0.125. The zero-order valence-electron chi connectivity index (χ0n) is 12.7. The maximum absolute atomic E-state index is 13.3. The molecule has 3 rings (SSSR count). The third-order valence-corrected chi connectivity index (χ3v) is 3.37. The molecule has 0 aliphatic carbocycles. The minimum atomic E-state index is -4.66. The van der Waals surface area contributed by atoms with Gasteiger partial charge in [0.25, 0.3) is 5.91 Å². The van der Waals surface area contributed by atoms with Crippen LogP contribution < -0.4 is 5.32 Å². The van der Waals surface area contributed by atoms with Gasteiger partial charge in [-0.25, -0.2) is 0 Å². The van der Waals surface area contributed by atoms with Crippen molar-refractivity contribution in [2.45, 2.75) is 12.2 Å². The van der Waals surface area contributed by atoms with Crippen LogP contribution in [0.3, 0.4) is 0 Å². The van der Waals surface area contributed by atoms with E-state index < -0.39 is 18.1 Å². The van der Waals surface area contributed by atoms with E-state index in [2.05, 4.69) is 20.2 Å². The lowest BCUT2D eigenvalue weighted by Crippen LogP contribution is -2.38. The number of amides is 1. The van der Waals surface area contributed by atoms with E-state index in [1.54, 1.807) is 24.4 Å². The van der Waals surface area contributed by atoms with Crippen LogP contribution in [0.5, 0.6) is 0 Å². The normalized spacial score (nSPS) is 12.6. The van der Waals surface area contributed by atoms with Gasteiger partial charge in [-0.05, 0) is 24.3 Å². The molecule has 0 aliphatic rings. The molecule has 25 heavy (non-hydrogen) atoms. The molecular weight excluding hydrogens is 335 g/mol. The summed E-state index contributed by atoms with van der Waals surface area (Å²) in [5.74, 6) is -0.930. The van der Waals surface area contributed by atoms with Gasteiger partial charge in [0.05, 0.1) is 5.69 Å². The Kier molecular flexibility index (Phi) is 4.46. The van der Waals surface area contributed by atoms with E-state index in [0.29, 0.717) is 11.4 Å². The molecule has 0 bridgehead atoms. The molecule has 3 heterocycles. The summed E-state index contributed by atoms with van der Waals surface area (Å²) in [7, 11) is 0. The monoisotopic (exact) mass is 347 g/mol. The van der Waals surface area contributed by atoms with Gasteiger partial charge in [-0.1, -0.05) is 12.1 Å². The van der Waals surface area contributed by atoms with Crippen LogP contribution in [0.4, 0.5) is 13.2 Å². The molecule has 3 aromatic rings. The number of alkyl halides is 3. The Balaban J connectivity index is 1.82. The quantitative estimate of drug-likeness (QED) is 0.760. The average molecular weight is 347 g/mol. The number of H-pyrrole nitrogens is 1. The van der Waals surface area contributed by atoms with E-state index in [9.17, 15) is 18.0 Å². The van der Waals surface area contributed by atoms with Gasteiger partial charge >= 0.3 is 6.18 Å². The largest absolute Gasteiger partial charge is 0.412 e. The molecule has 9 heteroatoms. The summed E-state index contributed by atoms with van der Waals surface area (Å²) in [5, 5.41) is 8.29. The minimum Gasteiger partial charge on any atom is -0.335 e. The predicted octanol–water partition coefficient (Wildman–Crippen LogP) is 2.90.